The Hall–Kier alpha value is -1.44. The van der Waals surface area contributed by atoms with Crippen LogP contribution < -0.4 is 10.6 Å². The maximum atomic E-state index is 13.4. The van der Waals surface area contributed by atoms with Crippen molar-refractivity contribution in [2.24, 2.45) is 0 Å². The van der Waals surface area contributed by atoms with Crippen LogP contribution in [0.1, 0.15) is 19.8 Å². The van der Waals surface area contributed by atoms with E-state index in [1.54, 1.807) is 0 Å². The average Bonchev–Trinajstić information content (AvgIpc) is 2.33. The van der Waals surface area contributed by atoms with Crippen LogP contribution in [0.2, 0.25) is 0 Å². The van der Waals surface area contributed by atoms with Gasteiger partial charge in [-0.25, -0.2) is 17.8 Å². The summed E-state index contributed by atoms with van der Waals surface area (Å²) in [6.45, 7) is 3.05. The molecule has 0 radical (unpaired) electrons. The standard InChI is InChI=1S/C11H19FN4O2S/c1-3-5-14-11-15-8-9(12)10(16-11)13-6-4-7-19(2,17)18/h8H,3-7H2,1-2H3,(H2,13,14,15,16). The van der Waals surface area contributed by atoms with Crippen molar-refractivity contribution in [3.05, 3.63) is 12.0 Å². The Bertz CT molecular complexity index is 507. The molecule has 0 aliphatic carbocycles. The molecule has 0 bridgehead atoms. The van der Waals surface area contributed by atoms with Crippen molar-refractivity contribution in [1.82, 2.24) is 9.97 Å². The first-order valence-electron chi connectivity index (χ1n) is 6.10. The van der Waals surface area contributed by atoms with E-state index in [4.69, 9.17) is 0 Å². The van der Waals surface area contributed by atoms with Crippen LogP contribution in [0, 0.1) is 5.82 Å². The number of hydrogen-bond acceptors (Lipinski definition) is 6. The minimum absolute atomic E-state index is 0.0631. The van der Waals surface area contributed by atoms with E-state index in [1.165, 1.54) is 6.26 Å². The quantitative estimate of drug-likeness (QED) is 0.702. The van der Waals surface area contributed by atoms with Gasteiger partial charge in [0.2, 0.25) is 5.95 Å². The van der Waals surface area contributed by atoms with Crippen LogP contribution >= 0.6 is 0 Å². The Morgan fingerprint density at radius 1 is 1.32 bits per heavy atom. The first-order valence-corrected chi connectivity index (χ1v) is 8.16. The molecule has 1 rings (SSSR count). The third-order valence-electron chi connectivity index (χ3n) is 2.26. The lowest BCUT2D eigenvalue weighted by atomic mass is 10.4. The van der Waals surface area contributed by atoms with Crippen LogP contribution in [0.4, 0.5) is 16.2 Å². The maximum Gasteiger partial charge on any atom is 0.224 e. The van der Waals surface area contributed by atoms with E-state index < -0.39 is 15.7 Å². The molecule has 0 spiro atoms. The van der Waals surface area contributed by atoms with Gasteiger partial charge in [0.15, 0.2) is 11.6 Å². The smallest absolute Gasteiger partial charge is 0.224 e. The van der Waals surface area contributed by atoms with Gasteiger partial charge in [-0.15, -0.1) is 0 Å². The number of aromatic nitrogens is 2. The molecule has 0 aliphatic rings. The van der Waals surface area contributed by atoms with Crippen LogP contribution in [0.25, 0.3) is 0 Å². The van der Waals surface area contributed by atoms with Crippen molar-refractivity contribution in [1.29, 1.82) is 0 Å². The topological polar surface area (TPSA) is 84.0 Å². The molecule has 0 fully saturated rings. The Balaban J connectivity index is 2.52. The van der Waals surface area contributed by atoms with Crippen LogP contribution in [-0.2, 0) is 9.84 Å². The van der Waals surface area contributed by atoms with E-state index in [9.17, 15) is 12.8 Å². The van der Waals surface area contributed by atoms with E-state index in [-0.39, 0.29) is 11.6 Å². The highest BCUT2D eigenvalue weighted by Gasteiger charge is 2.07. The highest BCUT2D eigenvalue weighted by atomic mass is 32.2. The van der Waals surface area contributed by atoms with Crippen molar-refractivity contribution < 1.29 is 12.8 Å². The third-order valence-corrected chi connectivity index (χ3v) is 3.29. The van der Waals surface area contributed by atoms with Gasteiger partial charge in [-0.2, -0.15) is 4.98 Å². The molecular weight excluding hydrogens is 271 g/mol. The van der Waals surface area contributed by atoms with Crippen LogP contribution in [0.15, 0.2) is 6.20 Å². The summed E-state index contributed by atoms with van der Waals surface area (Å²) in [5.41, 5.74) is 0. The summed E-state index contributed by atoms with van der Waals surface area (Å²) in [7, 11) is -2.99. The van der Waals surface area contributed by atoms with Crippen molar-refractivity contribution in [3.63, 3.8) is 0 Å². The molecule has 6 nitrogen and oxygen atoms in total. The van der Waals surface area contributed by atoms with E-state index in [1.807, 2.05) is 6.92 Å². The van der Waals surface area contributed by atoms with Gasteiger partial charge in [-0.3, -0.25) is 0 Å². The fourth-order valence-corrected chi connectivity index (χ4v) is 2.02. The normalized spacial score (nSPS) is 11.3. The molecule has 0 unspecified atom stereocenters. The summed E-state index contributed by atoms with van der Waals surface area (Å²) in [6, 6.07) is 0. The van der Waals surface area contributed by atoms with Crippen molar-refractivity contribution in [2.45, 2.75) is 19.8 Å². The molecule has 0 aliphatic heterocycles. The SMILES string of the molecule is CCCNc1ncc(F)c(NCCCS(C)(=O)=O)n1. The van der Waals surface area contributed by atoms with E-state index in [0.717, 1.165) is 12.6 Å². The molecule has 0 amide bonds. The van der Waals surface area contributed by atoms with E-state index in [0.29, 0.717) is 25.5 Å². The number of nitrogens with zero attached hydrogens (tertiary/aromatic N) is 2. The minimum Gasteiger partial charge on any atom is -0.367 e. The molecular formula is C11H19FN4O2S. The molecule has 8 heteroatoms. The van der Waals surface area contributed by atoms with E-state index >= 15 is 0 Å². The van der Waals surface area contributed by atoms with Gasteiger partial charge >= 0.3 is 0 Å². The summed E-state index contributed by atoms with van der Waals surface area (Å²) in [5, 5.41) is 5.72. The number of sulfone groups is 1. The lowest BCUT2D eigenvalue weighted by Gasteiger charge is -2.08. The average molecular weight is 290 g/mol. The Labute approximate surface area is 112 Å². The van der Waals surface area contributed by atoms with Crippen LogP contribution in [0.3, 0.4) is 0 Å². The first kappa shape index (κ1) is 15.6. The summed E-state index contributed by atoms with van der Waals surface area (Å²) in [5.74, 6) is -0.0504. The molecule has 0 atom stereocenters. The number of nitrogens with one attached hydrogen (secondary N) is 2. The fourth-order valence-electron chi connectivity index (χ4n) is 1.35. The van der Waals surface area contributed by atoms with E-state index in [2.05, 4.69) is 20.6 Å². The number of hydrogen-bond donors (Lipinski definition) is 2. The second kappa shape index (κ2) is 7.22. The van der Waals surface area contributed by atoms with Gasteiger partial charge < -0.3 is 10.6 Å². The molecule has 108 valence electrons. The lowest BCUT2D eigenvalue weighted by molar-refractivity contribution is 0.599. The van der Waals surface area contributed by atoms with Gasteiger partial charge in [0.1, 0.15) is 9.84 Å². The van der Waals surface area contributed by atoms with Crippen molar-refractivity contribution >= 4 is 21.6 Å². The maximum absolute atomic E-state index is 13.4. The Kier molecular flexibility index (Phi) is 5.94. The Morgan fingerprint density at radius 3 is 2.68 bits per heavy atom. The zero-order valence-electron chi connectivity index (χ0n) is 11.1. The summed E-state index contributed by atoms with van der Waals surface area (Å²) in [4.78, 5) is 7.80. The number of anilines is 2. The fraction of sp³-hybridized carbons (Fsp3) is 0.636. The highest BCUT2D eigenvalue weighted by molar-refractivity contribution is 7.90. The minimum atomic E-state index is -2.99. The van der Waals surface area contributed by atoms with Gasteiger partial charge in [0.05, 0.1) is 11.9 Å². The summed E-state index contributed by atoms with van der Waals surface area (Å²) in [6.07, 6.45) is 3.58. The molecule has 1 heterocycles. The zero-order chi connectivity index (χ0) is 14.3. The number of rotatable bonds is 8. The van der Waals surface area contributed by atoms with Gasteiger partial charge in [-0.1, -0.05) is 6.92 Å². The largest absolute Gasteiger partial charge is 0.367 e. The number of halogens is 1. The molecule has 1 aromatic rings. The molecule has 2 N–H and O–H groups in total. The first-order chi connectivity index (χ1) is 8.92. The van der Waals surface area contributed by atoms with Crippen LogP contribution in [-0.4, -0.2) is 43.5 Å². The van der Waals surface area contributed by atoms with Gasteiger partial charge in [-0.05, 0) is 12.8 Å². The van der Waals surface area contributed by atoms with Gasteiger partial charge in [0.25, 0.3) is 0 Å². The zero-order valence-corrected chi connectivity index (χ0v) is 11.9. The second-order valence-electron chi connectivity index (χ2n) is 4.23. The molecule has 0 aromatic carbocycles. The summed E-state index contributed by atoms with van der Waals surface area (Å²) < 4.78 is 35.3. The second-order valence-corrected chi connectivity index (χ2v) is 6.49. The molecule has 0 saturated heterocycles. The Morgan fingerprint density at radius 2 is 2.05 bits per heavy atom. The van der Waals surface area contributed by atoms with Gasteiger partial charge in [0, 0.05) is 19.3 Å². The monoisotopic (exact) mass is 290 g/mol. The lowest BCUT2D eigenvalue weighted by Crippen LogP contribution is -2.13. The summed E-state index contributed by atoms with van der Waals surface area (Å²) >= 11 is 0. The predicted molar refractivity (Wildman–Crippen MR) is 73.6 cm³/mol. The molecule has 1 aromatic heterocycles. The van der Waals surface area contributed by atoms with Crippen molar-refractivity contribution in [2.75, 3.05) is 35.7 Å². The third kappa shape index (κ3) is 6.32. The highest BCUT2D eigenvalue weighted by Crippen LogP contribution is 2.11. The van der Waals surface area contributed by atoms with Crippen LogP contribution in [0.5, 0.6) is 0 Å². The van der Waals surface area contributed by atoms with Crippen molar-refractivity contribution in [3.8, 4) is 0 Å². The molecule has 19 heavy (non-hydrogen) atoms. The predicted octanol–water partition coefficient (Wildman–Crippen LogP) is 1.28. The molecule has 0 saturated carbocycles.